The molecule has 0 radical (unpaired) electrons. The smallest absolute Gasteiger partial charge is 0.407 e. The Kier molecular flexibility index (Phi) is 4.79. The maximum atomic E-state index is 11.6. The number of rotatable bonds is 3. The molecule has 0 unspecified atom stereocenters. The second-order valence-electron chi connectivity index (χ2n) is 6.94. The maximum Gasteiger partial charge on any atom is 0.407 e. The molecule has 0 aromatic rings. The van der Waals surface area contributed by atoms with Crippen molar-refractivity contribution in [2.75, 3.05) is 6.54 Å². The molecule has 1 N–H and O–H groups in total. The van der Waals surface area contributed by atoms with Crippen LogP contribution in [0, 0.1) is 0 Å². The molecule has 0 aliphatic carbocycles. The van der Waals surface area contributed by atoms with Gasteiger partial charge in [0.1, 0.15) is 5.78 Å². The van der Waals surface area contributed by atoms with Gasteiger partial charge in [0.2, 0.25) is 0 Å². The number of nitrogens with zero attached hydrogens (tertiary/aromatic N) is 1. The first-order chi connectivity index (χ1) is 8.53. The summed E-state index contributed by atoms with van der Waals surface area (Å²) in [4.78, 5) is 24.3. The number of ketones is 1. The number of piperidine rings is 1. The van der Waals surface area contributed by atoms with Crippen LogP contribution in [0.1, 0.15) is 47.5 Å². The molecule has 19 heavy (non-hydrogen) atoms. The summed E-state index contributed by atoms with van der Waals surface area (Å²) in [6.45, 7) is 10.4. The van der Waals surface area contributed by atoms with Gasteiger partial charge >= 0.3 is 6.09 Å². The lowest BCUT2D eigenvalue weighted by Gasteiger charge is -2.44. The number of likely N-dealkylation sites (tertiary alicyclic amines) is 1. The van der Waals surface area contributed by atoms with E-state index in [1.807, 2.05) is 13.8 Å². The van der Waals surface area contributed by atoms with Gasteiger partial charge in [-0.3, -0.25) is 4.79 Å². The molecule has 1 fully saturated rings. The first-order valence-corrected chi connectivity index (χ1v) is 7.96. The van der Waals surface area contributed by atoms with Gasteiger partial charge in [-0.25, -0.2) is 4.79 Å². The average molecular weight is 287 g/mol. The van der Waals surface area contributed by atoms with Gasteiger partial charge in [-0.1, -0.05) is 20.8 Å². The van der Waals surface area contributed by atoms with Crippen molar-refractivity contribution in [1.82, 2.24) is 4.90 Å². The number of carbonyl (C=O) groups excluding carboxylic acids is 1. The highest BCUT2D eigenvalue weighted by Gasteiger charge is 2.41. The third-order valence-corrected chi connectivity index (χ3v) is 5.11. The summed E-state index contributed by atoms with van der Waals surface area (Å²) in [5.74, 6) is 0.122. The van der Waals surface area contributed by atoms with E-state index in [1.165, 1.54) is 4.90 Å². The Hall–Kier alpha value is -0.883. The van der Waals surface area contributed by atoms with Crippen molar-refractivity contribution < 1.29 is 19.1 Å². The normalized spacial score (nSPS) is 22.3. The number of carboxylic acid groups (broad SMARTS) is 1. The van der Waals surface area contributed by atoms with E-state index in [1.54, 1.807) is 0 Å². The first kappa shape index (κ1) is 16.2. The van der Waals surface area contributed by atoms with E-state index in [9.17, 15) is 14.7 Å². The molecule has 1 heterocycles. The number of Topliss-reactive ketones (excluding diaryl/α,β-unsaturated/α-hetero) is 1. The lowest BCUT2D eigenvalue weighted by molar-refractivity contribution is -0.126. The van der Waals surface area contributed by atoms with E-state index >= 15 is 0 Å². The van der Waals surface area contributed by atoms with E-state index in [0.29, 0.717) is 6.42 Å². The number of hydrogen-bond acceptors (Lipinski definition) is 3. The summed E-state index contributed by atoms with van der Waals surface area (Å²) >= 11 is 0. The van der Waals surface area contributed by atoms with Crippen molar-refractivity contribution in [2.24, 2.45) is 0 Å². The molecule has 1 rings (SSSR count). The monoisotopic (exact) mass is 287 g/mol. The standard InChI is InChI=1S/C13H25NO4Si/c1-12(2,3)19-18-13(4,5)10-8-9(15)6-7-14(10)11(16)17/h10H,6-8,19H2,1-5H3,(H,16,17)/t10-/m1/s1. The average Bonchev–Trinajstić information content (AvgIpc) is 2.25. The number of hydrogen-bond donors (Lipinski definition) is 1. The summed E-state index contributed by atoms with van der Waals surface area (Å²) in [6, 6.07) is -0.374. The highest BCUT2D eigenvalue weighted by molar-refractivity contribution is 6.31. The van der Waals surface area contributed by atoms with Crippen molar-refractivity contribution in [2.45, 2.75) is 64.1 Å². The topological polar surface area (TPSA) is 66.8 Å². The van der Waals surface area contributed by atoms with E-state index in [0.717, 1.165) is 0 Å². The molecular formula is C13H25NO4Si. The predicted octanol–water partition coefficient (Wildman–Crippen LogP) is 1.80. The minimum atomic E-state index is -0.966. The predicted molar refractivity (Wildman–Crippen MR) is 76.2 cm³/mol. The molecule has 1 aliphatic heterocycles. The van der Waals surface area contributed by atoms with Crippen LogP contribution in [-0.2, 0) is 9.22 Å². The molecule has 0 spiro atoms. The second-order valence-corrected chi connectivity index (χ2v) is 9.64. The number of carbonyl (C=O) groups is 2. The van der Waals surface area contributed by atoms with Crippen molar-refractivity contribution >= 4 is 21.6 Å². The van der Waals surface area contributed by atoms with Crippen LogP contribution < -0.4 is 0 Å². The van der Waals surface area contributed by atoms with Crippen molar-refractivity contribution in [3.8, 4) is 0 Å². The lowest BCUT2D eigenvalue weighted by Crippen LogP contribution is -2.57. The van der Waals surface area contributed by atoms with Crippen LogP contribution in [0.4, 0.5) is 4.79 Å². The van der Waals surface area contributed by atoms with Crippen LogP contribution in [0.15, 0.2) is 0 Å². The zero-order valence-corrected chi connectivity index (χ0v) is 13.9. The first-order valence-electron chi connectivity index (χ1n) is 6.68. The summed E-state index contributed by atoms with van der Waals surface area (Å²) in [5.41, 5.74) is -0.603. The zero-order chi connectivity index (χ0) is 14.8. The molecule has 1 saturated heterocycles. The van der Waals surface area contributed by atoms with Gasteiger partial charge < -0.3 is 14.4 Å². The van der Waals surface area contributed by atoms with E-state index in [2.05, 4.69) is 20.8 Å². The molecular weight excluding hydrogens is 262 g/mol. The van der Waals surface area contributed by atoms with E-state index < -0.39 is 21.5 Å². The highest BCUT2D eigenvalue weighted by Crippen LogP contribution is 2.30. The van der Waals surface area contributed by atoms with Crippen molar-refractivity contribution in [3.63, 3.8) is 0 Å². The summed E-state index contributed by atoms with van der Waals surface area (Å²) in [7, 11) is -0.795. The highest BCUT2D eigenvalue weighted by atomic mass is 28.2. The van der Waals surface area contributed by atoms with Gasteiger partial charge in [-0.15, -0.1) is 0 Å². The lowest BCUT2D eigenvalue weighted by atomic mass is 9.89. The Bertz CT molecular complexity index is 362. The second kappa shape index (κ2) is 5.62. The molecule has 0 aromatic heterocycles. The van der Waals surface area contributed by atoms with E-state index in [4.69, 9.17) is 4.43 Å². The fourth-order valence-electron chi connectivity index (χ4n) is 2.18. The Morgan fingerprint density at radius 3 is 2.42 bits per heavy atom. The van der Waals surface area contributed by atoms with Crippen molar-refractivity contribution in [1.29, 1.82) is 0 Å². The molecule has 0 aromatic carbocycles. The van der Waals surface area contributed by atoms with Gasteiger partial charge in [-0.2, -0.15) is 0 Å². The molecule has 1 amide bonds. The fraction of sp³-hybridized carbons (Fsp3) is 0.846. The maximum absolute atomic E-state index is 11.6. The van der Waals surface area contributed by atoms with Gasteiger partial charge in [0.25, 0.3) is 0 Å². The summed E-state index contributed by atoms with van der Waals surface area (Å²) in [5, 5.41) is 9.40. The quantitative estimate of drug-likeness (QED) is 0.804. The van der Waals surface area contributed by atoms with E-state index in [-0.39, 0.29) is 29.8 Å². The molecule has 110 valence electrons. The molecule has 6 heteroatoms. The van der Waals surface area contributed by atoms with Crippen LogP contribution in [0.2, 0.25) is 5.04 Å². The Balaban J connectivity index is 2.81. The Labute approximate surface area is 117 Å². The Morgan fingerprint density at radius 1 is 1.37 bits per heavy atom. The van der Waals surface area contributed by atoms with Gasteiger partial charge in [0.05, 0.1) is 11.6 Å². The molecule has 0 saturated carbocycles. The van der Waals surface area contributed by atoms with Gasteiger partial charge in [0, 0.05) is 19.4 Å². The van der Waals surface area contributed by atoms with Crippen LogP contribution >= 0.6 is 0 Å². The SMILES string of the molecule is CC(C)(C)[SiH2]OC(C)(C)[C@H]1CC(=O)CCN1C(=O)O. The van der Waals surface area contributed by atoms with Crippen LogP contribution in [0.3, 0.4) is 0 Å². The van der Waals surface area contributed by atoms with Crippen molar-refractivity contribution in [3.05, 3.63) is 0 Å². The molecule has 5 nitrogen and oxygen atoms in total. The number of amides is 1. The van der Waals surface area contributed by atoms with Crippen LogP contribution in [-0.4, -0.2) is 49.8 Å². The molecule has 0 bridgehead atoms. The zero-order valence-electron chi connectivity index (χ0n) is 12.5. The Morgan fingerprint density at radius 2 is 1.95 bits per heavy atom. The third kappa shape index (κ3) is 4.61. The summed E-state index contributed by atoms with van der Waals surface area (Å²) in [6.07, 6.45) is -0.389. The van der Waals surface area contributed by atoms with Gasteiger partial charge in [-0.05, 0) is 18.9 Å². The summed E-state index contributed by atoms with van der Waals surface area (Å²) < 4.78 is 6.04. The van der Waals surface area contributed by atoms with Gasteiger partial charge in [0.15, 0.2) is 9.76 Å². The minimum absolute atomic E-state index is 0.122. The molecule has 1 aliphatic rings. The molecule has 1 atom stereocenters. The van der Waals surface area contributed by atoms with Crippen LogP contribution in [0.25, 0.3) is 0 Å². The van der Waals surface area contributed by atoms with Crippen LogP contribution in [0.5, 0.6) is 0 Å². The third-order valence-electron chi connectivity index (χ3n) is 3.35. The largest absolute Gasteiger partial charge is 0.465 e. The fourth-order valence-corrected chi connectivity index (χ4v) is 3.18. The minimum Gasteiger partial charge on any atom is -0.465 e.